The molecule has 4 heteroatoms. The molecule has 0 spiro atoms. The van der Waals surface area contributed by atoms with Gasteiger partial charge in [-0.05, 0) is 17.7 Å². The summed E-state index contributed by atoms with van der Waals surface area (Å²) in [5.74, 6) is 0.449. The van der Waals surface area contributed by atoms with E-state index in [0.29, 0.717) is 11.4 Å². The van der Waals surface area contributed by atoms with E-state index in [0.717, 1.165) is 16.5 Å². The molecule has 2 aromatic carbocycles. The molecular weight excluding hydrogens is 264 g/mol. The number of aryl methyl sites for hydroxylation is 1. The molecule has 0 aliphatic rings. The first-order chi connectivity index (χ1) is 10.2. The predicted molar refractivity (Wildman–Crippen MR) is 82.3 cm³/mol. The van der Waals surface area contributed by atoms with Crippen LogP contribution in [0, 0.1) is 6.92 Å². The lowest BCUT2D eigenvalue weighted by molar-refractivity contribution is 0.104. The summed E-state index contributed by atoms with van der Waals surface area (Å²) in [5.41, 5.74) is 1.46. The lowest BCUT2D eigenvalue weighted by atomic mass is 10.0. The number of ketones is 1. The van der Waals surface area contributed by atoms with Crippen molar-refractivity contribution in [2.45, 2.75) is 6.92 Å². The highest BCUT2D eigenvalue weighted by atomic mass is 16.5. The maximum absolute atomic E-state index is 12.3. The number of benzene rings is 2. The standard InChI is InChI=1S/C17H14N2O2/c1-12-11-17(21-19-12)18-10-9-16(20)15-8-4-6-13-5-2-3-7-14(13)15/h2-11,18H,1H3. The molecule has 0 unspecified atom stereocenters. The van der Waals surface area contributed by atoms with E-state index in [4.69, 9.17) is 4.52 Å². The summed E-state index contributed by atoms with van der Waals surface area (Å²) < 4.78 is 5.00. The lowest BCUT2D eigenvalue weighted by Gasteiger charge is -2.02. The van der Waals surface area contributed by atoms with E-state index in [2.05, 4.69) is 10.5 Å². The molecular formula is C17H14N2O2. The fraction of sp³-hybridized carbons (Fsp3) is 0.0588. The van der Waals surface area contributed by atoms with Gasteiger partial charge in [0, 0.05) is 23.9 Å². The molecule has 1 heterocycles. The van der Waals surface area contributed by atoms with E-state index in [9.17, 15) is 4.79 Å². The Kier molecular flexibility index (Phi) is 3.51. The number of nitrogens with zero attached hydrogens (tertiary/aromatic N) is 1. The molecule has 0 bridgehead atoms. The summed E-state index contributed by atoms with van der Waals surface area (Å²) in [6.45, 7) is 1.83. The minimum Gasteiger partial charge on any atom is -0.338 e. The number of carbonyl (C=O) groups excluding carboxylic acids is 1. The summed E-state index contributed by atoms with van der Waals surface area (Å²) in [4.78, 5) is 12.3. The van der Waals surface area contributed by atoms with Gasteiger partial charge in [-0.25, -0.2) is 0 Å². The van der Waals surface area contributed by atoms with Crippen molar-refractivity contribution in [2.75, 3.05) is 5.32 Å². The molecule has 1 aromatic heterocycles. The molecule has 0 saturated heterocycles. The highest BCUT2D eigenvalue weighted by Gasteiger charge is 2.06. The Hall–Kier alpha value is -2.88. The van der Waals surface area contributed by atoms with Crippen molar-refractivity contribution < 1.29 is 9.32 Å². The first-order valence-electron chi connectivity index (χ1n) is 6.62. The van der Waals surface area contributed by atoms with Gasteiger partial charge in [-0.2, -0.15) is 0 Å². The van der Waals surface area contributed by atoms with Crippen LogP contribution < -0.4 is 5.32 Å². The van der Waals surface area contributed by atoms with Gasteiger partial charge in [-0.1, -0.05) is 47.6 Å². The Labute approximate surface area is 122 Å². The van der Waals surface area contributed by atoms with Crippen LogP contribution in [0.5, 0.6) is 0 Å². The van der Waals surface area contributed by atoms with Crippen LogP contribution in [0.1, 0.15) is 16.1 Å². The van der Waals surface area contributed by atoms with Crippen molar-refractivity contribution in [3.63, 3.8) is 0 Å². The Morgan fingerprint density at radius 3 is 2.81 bits per heavy atom. The fourth-order valence-electron chi connectivity index (χ4n) is 2.16. The second-order valence-corrected chi connectivity index (χ2v) is 4.70. The number of anilines is 1. The van der Waals surface area contributed by atoms with Gasteiger partial charge >= 0.3 is 0 Å². The van der Waals surface area contributed by atoms with E-state index >= 15 is 0 Å². The zero-order valence-electron chi connectivity index (χ0n) is 11.5. The Balaban J connectivity index is 1.81. The van der Waals surface area contributed by atoms with Gasteiger partial charge in [0.05, 0.1) is 5.69 Å². The van der Waals surface area contributed by atoms with Crippen LogP contribution in [0.4, 0.5) is 5.88 Å². The second-order valence-electron chi connectivity index (χ2n) is 4.70. The van der Waals surface area contributed by atoms with Gasteiger partial charge in [0.25, 0.3) is 0 Å². The van der Waals surface area contributed by atoms with Crippen molar-refractivity contribution in [1.82, 2.24) is 5.16 Å². The minimum atomic E-state index is -0.0597. The number of allylic oxidation sites excluding steroid dienone is 1. The Morgan fingerprint density at radius 2 is 2.00 bits per heavy atom. The van der Waals surface area contributed by atoms with Crippen LogP contribution in [-0.2, 0) is 0 Å². The number of hydrogen-bond acceptors (Lipinski definition) is 4. The summed E-state index contributed by atoms with van der Waals surface area (Å²) in [6.07, 6.45) is 3.05. The number of carbonyl (C=O) groups is 1. The Bertz CT molecular complexity index is 813. The lowest BCUT2D eigenvalue weighted by Crippen LogP contribution is -1.97. The summed E-state index contributed by atoms with van der Waals surface area (Å²) in [6, 6.07) is 15.3. The van der Waals surface area contributed by atoms with Crippen molar-refractivity contribution in [3.8, 4) is 0 Å². The van der Waals surface area contributed by atoms with Crippen LogP contribution in [0.2, 0.25) is 0 Å². The van der Waals surface area contributed by atoms with Crippen LogP contribution in [0.15, 0.2) is 65.3 Å². The number of aromatic nitrogens is 1. The average molecular weight is 278 g/mol. The van der Waals surface area contributed by atoms with Crippen molar-refractivity contribution in [3.05, 3.63) is 72.1 Å². The molecule has 0 radical (unpaired) electrons. The van der Waals surface area contributed by atoms with E-state index < -0.39 is 0 Å². The van der Waals surface area contributed by atoms with Crippen LogP contribution >= 0.6 is 0 Å². The molecule has 3 rings (SSSR count). The molecule has 104 valence electrons. The van der Waals surface area contributed by atoms with Gasteiger partial charge in [0.1, 0.15) is 0 Å². The molecule has 1 N–H and O–H groups in total. The number of nitrogens with one attached hydrogen (secondary N) is 1. The maximum atomic E-state index is 12.3. The van der Waals surface area contributed by atoms with E-state index in [1.54, 1.807) is 12.3 Å². The van der Waals surface area contributed by atoms with Gasteiger partial charge in [0.15, 0.2) is 5.78 Å². The smallest absolute Gasteiger partial charge is 0.228 e. The molecule has 0 amide bonds. The largest absolute Gasteiger partial charge is 0.338 e. The van der Waals surface area contributed by atoms with Gasteiger partial charge in [-0.15, -0.1) is 0 Å². The molecule has 0 fully saturated rings. The highest BCUT2D eigenvalue weighted by molar-refractivity contribution is 6.13. The third kappa shape index (κ3) is 2.84. The van der Waals surface area contributed by atoms with Gasteiger partial charge in [0.2, 0.25) is 5.88 Å². The molecule has 0 saturated carbocycles. The topological polar surface area (TPSA) is 55.1 Å². The number of hydrogen-bond donors (Lipinski definition) is 1. The number of fused-ring (bicyclic) bond motifs is 1. The van der Waals surface area contributed by atoms with Crippen LogP contribution in [0.25, 0.3) is 10.8 Å². The van der Waals surface area contributed by atoms with Crippen molar-refractivity contribution in [2.24, 2.45) is 0 Å². The number of rotatable bonds is 4. The molecule has 21 heavy (non-hydrogen) atoms. The van der Waals surface area contributed by atoms with Crippen molar-refractivity contribution >= 4 is 22.4 Å². The summed E-state index contributed by atoms with van der Waals surface area (Å²) in [7, 11) is 0. The second kappa shape index (κ2) is 5.63. The molecule has 0 aliphatic heterocycles. The van der Waals surface area contributed by atoms with Gasteiger partial charge < -0.3 is 9.84 Å². The predicted octanol–water partition coefficient (Wildman–Crippen LogP) is 3.94. The van der Waals surface area contributed by atoms with E-state index in [-0.39, 0.29) is 5.78 Å². The van der Waals surface area contributed by atoms with Crippen LogP contribution in [-0.4, -0.2) is 10.9 Å². The minimum absolute atomic E-state index is 0.0597. The SMILES string of the molecule is Cc1cc(NC=CC(=O)c2cccc3ccccc23)on1. The fourth-order valence-corrected chi connectivity index (χ4v) is 2.16. The average Bonchev–Trinajstić information content (AvgIpc) is 2.92. The summed E-state index contributed by atoms with van der Waals surface area (Å²) >= 11 is 0. The first-order valence-corrected chi connectivity index (χ1v) is 6.62. The van der Waals surface area contributed by atoms with Crippen molar-refractivity contribution in [1.29, 1.82) is 0 Å². The van der Waals surface area contributed by atoms with E-state index in [1.165, 1.54) is 6.08 Å². The van der Waals surface area contributed by atoms with Crippen LogP contribution in [0.3, 0.4) is 0 Å². The third-order valence-corrected chi connectivity index (χ3v) is 3.14. The normalized spacial score (nSPS) is 11.1. The monoisotopic (exact) mass is 278 g/mol. The van der Waals surface area contributed by atoms with E-state index in [1.807, 2.05) is 49.4 Å². The Morgan fingerprint density at radius 1 is 1.19 bits per heavy atom. The molecule has 0 atom stereocenters. The highest BCUT2D eigenvalue weighted by Crippen LogP contribution is 2.19. The first kappa shape index (κ1) is 13.1. The quantitative estimate of drug-likeness (QED) is 0.580. The van der Waals surface area contributed by atoms with Gasteiger partial charge in [-0.3, -0.25) is 4.79 Å². The summed E-state index contributed by atoms with van der Waals surface area (Å²) in [5, 5.41) is 8.64. The maximum Gasteiger partial charge on any atom is 0.228 e. The zero-order chi connectivity index (χ0) is 14.7. The zero-order valence-corrected chi connectivity index (χ0v) is 11.5. The third-order valence-electron chi connectivity index (χ3n) is 3.14. The molecule has 3 aromatic rings. The molecule has 0 aliphatic carbocycles. The molecule has 4 nitrogen and oxygen atoms in total.